The van der Waals surface area contributed by atoms with E-state index in [0.717, 1.165) is 0 Å². The Balaban J connectivity index is 3.69. The van der Waals surface area contributed by atoms with Gasteiger partial charge in [-0.25, -0.2) is 4.18 Å². The van der Waals surface area contributed by atoms with Gasteiger partial charge < -0.3 is 4.74 Å². The first-order chi connectivity index (χ1) is 4.45. The SMILES string of the molecule is CCOC(C)OS(=O)(=O)Cl. The van der Waals surface area contributed by atoms with E-state index in [1.807, 2.05) is 0 Å². The van der Waals surface area contributed by atoms with Gasteiger partial charge in [0.05, 0.1) is 0 Å². The van der Waals surface area contributed by atoms with Crippen molar-refractivity contribution < 1.29 is 17.3 Å². The summed E-state index contributed by atoms with van der Waals surface area (Å²) < 4.78 is 29.3. The Bertz CT molecular complexity index is 176. The summed E-state index contributed by atoms with van der Waals surface area (Å²) >= 11 is 0. The minimum atomic E-state index is -3.90. The van der Waals surface area contributed by atoms with Crippen molar-refractivity contribution in [2.24, 2.45) is 0 Å². The van der Waals surface area contributed by atoms with Crippen molar-refractivity contribution in [1.29, 1.82) is 0 Å². The minimum absolute atomic E-state index is 0.383. The zero-order valence-corrected chi connectivity index (χ0v) is 7.28. The second-order valence-corrected chi connectivity index (χ2v) is 3.62. The monoisotopic (exact) mass is 188 g/mol. The maximum atomic E-state index is 10.2. The summed E-state index contributed by atoms with van der Waals surface area (Å²) in [5, 5.41) is 0. The molecule has 0 saturated carbocycles. The molecule has 6 heteroatoms. The molecule has 0 fully saturated rings. The van der Waals surface area contributed by atoms with Gasteiger partial charge in [-0.05, 0) is 13.8 Å². The van der Waals surface area contributed by atoms with Crippen molar-refractivity contribution >= 4 is 20.0 Å². The van der Waals surface area contributed by atoms with E-state index >= 15 is 0 Å². The van der Waals surface area contributed by atoms with Gasteiger partial charge in [0.2, 0.25) is 0 Å². The highest BCUT2D eigenvalue weighted by molar-refractivity contribution is 8.10. The molecule has 1 unspecified atom stereocenters. The van der Waals surface area contributed by atoms with Crippen molar-refractivity contribution in [2.45, 2.75) is 20.1 Å². The molecule has 0 saturated heterocycles. The zero-order chi connectivity index (χ0) is 8.20. The first kappa shape index (κ1) is 10.2. The lowest BCUT2D eigenvalue weighted by molar-refractivity contribution is -0.0554. The summed E-state index contributed by atoms with van der Waals surface area (Å²) in [5.41, 5.74) is 0. The van der Waals surface area contributed by atoms with Crippen molar-refractivity contribution in [3.8, 4) is 0 Å². The predicted molar refractivity (Wildman–Crippen MR) is 36.9 cm³/mol. The Labute approximate surface area is 64.7 Å². The number of halogens is 1. The van der Waals surface area contributed by atoms with Crippen molar-refractivity contribution in [3.63, 3.8) is 0 Å². The lowest BCUT2D eigenvalue weighted by atomic mass is 10.7. The standard InChI is InChI=1S/C4H9ClO4S/c1-3-8-4(2)9-10(5,6)7/h4H,3H2,1-2H3. The predicted octanol–water partition coefficient (Wildman–Crippen LogP) is 0.869. The Morgan fingerprint density at radius 1 is 1.60 bits per heavy atom. The van der Waals surface area contributed by atoms with Crippen LogP contribution in [0.3, 0.4) is 0 Å². The topological polar surface area (TPSA) is 52.6 Å². The molecule has 0 aliphatic heterocycles. The Kier molecular flexibility index (Phi) is 4.19. The fraction of sp³-hybridized carbons (Fsp3) is 1.00. The van der Waals surface area contributed by atoms with Crippen LogP contribution < -0.4 is 0 Å². The van der Waals surface area contributed by atoms with E-state index in [2.05, 4.69) is 4.18 Å². The van der Waals surface area contributed by atoms with E-state index < -0.39 is 15.6 Å². The number of hydrogen-bond acceptors (Lipinski definition) is 4. The van der Waals surface area contributed by atoms with E-state index in [0.29, 0.717) is 6.61 Å². The molecule has 0 aliphatic rings. The van der Waals surface area contributed by atoms with Crippen LogP contribution in [0.2, 0.25) is 0 Å². The van der Waals surface area contributed by atoms with Gasteiger partial charge in [-0.3, -0.25) is 0 Å². The molecule has 1 atom stereocenters. The van der Waals surface area contributed by atoms with E-state index in [4.69, 9.17) is 15.4 Å². The third-order valence-corrected chi connectivity index (χ3v) is 1.37. The van der Waals surface area contributed by atoms with Gasteiger partial charge in [-0.1, -0.05) is 0 Å². The van der Waals surface area contributed by atoms with Crippen LogP contribution in [0.15, 0.2) is 0 Å². The maximum Gasteiger partial charge on any atom is 0.358 e. The van der Waals surface area contributed by atoms with E-state index in [9.17, 15) is 8.42 Å². The molecule has 0 radical (unpaired) electrons. The van der Waals surface area contributed by atoms with E-state index in [1.54, 1.807) is 6.92 Å². The molecule has 4 nitrogen and oxygen atoms in total. The molecule has 0 aromatic carbocycles. The van der Waals surface area contributed by atoms with Gasteiger partial charge in [-0.2, -0.15) is 8.42 Å². The molecule has 0 amide bonds. The quantitative estimate of drug-likeness (QED) is 0.485. The molecular formula is C4H9ClO4S. The van der Waals surface area contributed by atoms with Crippen molar-refractivity contribution in [2.75, 3.05) is 6.61 Å². The van der Waals surface area contributed by atoms with Gasteiger partial charge in [0, 0.05) is 17.3 Å². The smallest absolute Gasteiger partial charge is 0.352 e. The molecule has 0 heterocycles. The Morgan fingerprint density at radius 3 is 2.40 bits per heavy atom. The highest BCUT2D eigenvalue weighted by Gasteiger charge is 2.11. The summed E-state index contributed by atoms with van der Waals surface area (Å²) in [6.07, 6.45) is -0.813. The summed E-state index contributed by atoms with van der Waals surface area (Å²) in [7, 11) is 0.835. The third-order valence-electron chi connectivity index (χ3n) is 0.652. The number of ether oxygens (including phenoxy) is 1. The second kappa shape index (κ2) is 4.12. The van der Waals surface area contributed by atoms with Crippen LogP contribution in [-0.4, -0.2) is 21.3 Å². The zero-order valence-electron chi connectivity index (χ0n) is 5.70. The van der Waals surface area contributed by atoms with Crippen LogP contribution in [0.4, 0.5) is 0 Å². The maximum absolute atomic E-state index is 10.2. The average molecular weight is 189 g/mol. The van der Waals surface area contributed by atoms with Crippen LogP contribution in [0.25, 0.3) is 0 Å². The molecule has 0 rings (SSSR count). The first-order valence-electron chi connectivity index (χ1n) is 2.70. The lowest BCUT2D eigenvalue weighted by Gasteiger charge is -2.08. The molecule has 0 aliphatic carbocycles. The van der Waals surface area contributed by atoms with Gasteiger partial charge in [0.25, 0.3) is 0 Å². The third kappa shape index (κ3) is 6.28. The largest absolute Gasteiger partial charge is 0.358 e. The summed E-state index contributed by atoms with van der Waals surface area (Å²) in [5.74, 6) is 0. The number of rotatable bonds is 4. The minimum Gasteiger partial charge on any atom is -0.352 e. The highest BCUT2D eigenvalue weighted by Crippen LogP contribution is 2.04. The van der Waals surface area contributed by atoms with E-state index in [-0.39, 0.29) is 0 Å². The average Bonchev–Trinajstić information content (AvgIpc) is 1.59. The molecule has 0 bridgehead atoms. The molecule has 0 aromatic rings. The molecule has 0 N–H and O–H groups in total. The number of hydrogen-bond donors (Lipinski definition) is 0. The van der Waals surface area contributed by atoms with Crippen LogP contribution >= 0.6 is 10.7 Å². The van der Waals surface area contributed by atoms with Gasteiger partial charge in [0.1, 0.15) is 0 Å². The summed E-state index contributed by atoms with van der Waals surface area (Å²) in [4.78, 5) is 0. The van der Waals surface area contributed by atoms with Gasteiger partial charge in [-0.15, -0.1) is 0 Å². The molecule has 62 valence electrons. The van der Waals surface area contributed by atoms with Crippen LogP contribution in [0.1, 0.15) is 13.8 Å². The molecule has 0 spiro atoms. The second-order valence-electron chi connectivity index (χ2n) is 1.51. The summed E-state index contributed by atoms with van der Waals surface area (Å²) in [6.45, 7) is 3.55. The Morgan fingerprint density at radius 2 is 2.10 bits per heavy atom. The lowest BCUT2D eigenvalue weighted by Crippen LogP contribution is -2.14. The van der Waals surface area contributed by atoms with Crippen LogP contribution in [-0.2, 0) is 18.3 Å². The first-order valence-corrected chi connectivity index (χ1v) is 4.93. The van der Waals surface area contributed by atoms with E-state index in [1.165, 1.54) is 6.92 Å². The molecule has 0 aromatic heterocycles. The van der Waals surface area contributed by atoms with Crippen molar-refractivity contribution in [1.82, 2.24) is 0 Å². The van der Waals surface area contributed by atoms with Gasteiger partial charge >= 0.3 is 9.33 Å². The fourth-order valence-electron chi connectivity index (χ4n) is 0.424. The Hall–Kier alpha value is 0.160. The molecule has 10 heavy (non-hydrogen) atoms. The highest BCUT2D eigenvalue weighted by atomic mass is 35.7. The summed E-state index contributed by atoms with van der Waals surface area (Å²) in [6, 6.07) is 0. The van der Waals surface area contributed by atoms with Crippen LogP contribution in [0.5, 0.6) is 0 Å². The molecular weight excluding hydrogens is 180 g/mol. The van der Waals surface area contributed by atoms with Crippen LogP contribution in [0, 0.1) is 0 Å². The van der Waals surface area contributed by atoms with Crippen molar-refractivity contribution in [3.05, 3.63) is 0 Å². The van der Waals surface area contributed by atoms with Gasteiger partial charge in [0.15, 0.2) is 6.29 Å². The normalized spacial score (nSPS) is 15.1. The fourth-order valence-corrected chi connectivity index (χ4v) is 1.11.